The largest absolute Gasteiger partial charge is 0.496 e. The van der Waals surface area contributed by atoms with Crippen molar-refractivity contribution in [3.05, 3.63) is 28.8 Å². The van der Waals surface area contributed by atoms with Crippen LogP contribution in [0, 0.1) is 0 Å². The Balaban J connectivity index is 2.93. The molecule has 0 aliphatic rings. The Kier molecular flexibility index (Phi) is 5.55. The molecule has 0 bridgehead atoms. The van der Waals surface area contributed by atoms with Crippen molar-refractivity contribution in [3.8, 4) is 5.75 Å². The van der Waals surface area contributed by atoms with Gasteiger partial charge in [-0.25, -0.2) is 0 Å². The van der Waals surface area contributed by atoms with Crippen molar-refractivity contribution in [1.82, 2.24) is 0 Å². The summed E-state index contributed by atoms with van der Waals surface area (Å²) in [7, 11) is 1.50. The van der Waals surface area contributed by atoms with Crippen LogP contribution in [-0.2, 0) is 0 Å². The molecule has 0 spiro atoms. The monoisotopic (exact) mass is 308 g/mol. The van der Waals surface area contributed by atoms with Gasteiger partial charge in [-0.1, -0.05) is 33.6 Å². The zero-order valence-electron chi connectivity index (χ0n) is 8.86. The summed E-state index contributed by atoms with van der Waals surface area (Å²) in [5.41, 5.74) is 0.542. The molecule has 0 radical (unpaired) electrons. The van der Waals surface area contributed by atoms with E-state index in [1.807, 2.05) is 0 Å². The molecule has 16 heavy (non-hydrogen) atoms. The molecule has 0 aliphatic heterocycles. The number of methoxy groups -OCH3 is 1. The Labute approximate surface area is 108 Å². The summed E-state index contributed by atoms with van der Waals surface area (Å²) in [5.74, 6) is 0.480. The number of aliphatic hydroxyl groups excluding tert-OH is 2. The lowest BCUT2D eigenvalue weighted by atomic mass is 10.0. The van der Waals surface area contributed by atoms with Gasteiger partial charge in [0.05, 0.1) is 13.2 Å². The minimum Gasteiger partial charge on any atom is -0.496 e. The first-order valence-electron chi connectivity index (χ1n) is 4.85. The van der Waals surface area contributed by atoms with Gasteiger partial charge in [0.25, 0.3) is 0 Å². The van der Waals surface area contributed by atoms with Gasteiger partial charge in [0.15, 0.2) is 0 Å². The second-order valence-electron chi connectivity index (χ2n) is 3.38. The molecule has 90 valence electrons. The Morgan fingerprint density at radius 2 is 2.12 bits per heavy atom. The van der Waals surface area contributed by atoms with E-state index in [4.69, 9.17) is 16.3 Å². The van der Waals surface area contributed by atoms with E-state index >= 15 is 0 Å². The summed E-state index contributed by atoms with van der Waals surface area (Å²) in [6.45, 7) is 0. The van der Waals surface area contributed by atoms with E-state index in [0.717, 1.165) is 0 Å². The fourth-order valence-corrected chi connectivity index (χ4v) is 2.04. The normalized spacial score (nSPS) is 14.6. The maximum absolute atomic E-state index is 9.93. The second-order valence-corrected chi connectivity index (χ2v) is 4.61. The van der Waals surface area contributed by atoms with Crippen molar-refractivity contribution in [2.75, 3.05) is 12.4 Å². The van der Waals surface area contributed by atoms with Gasteiger partial charge >= 0.3 is 0 Å². The fraction of sp³-hybridized carbons (Fsp3) is 0.455. The maximum Gasteiger partial charge on any atom is 0.126 e. The number of aliphatic hydroxyl groups is 2. The van der Waals surface area contributed by atoms with Gasteiger partial charge in [-0.3, -0.25) is 0 Å². The molecule has 2 unspecified atom stereocenters. The molecular formula is C11H14BrClO3. The van der Waals surface area contributed by atoms with Gasteiger partial charge in [0, 0.05) is 15.9 Å². The summed E-state index contributed by atoms with van der Waals surface area (Å²) >= 11 is 9.02. The summed E-state index contributed by atoms with van der Waals surface area (Å²) < 4.78 is 5.11. The molecule has 1 aromatic carbocycles. The number of rotatable bonds is 5. The van der Waals surface area contributed by atoms with Crippen LogP contribution in [0.1, 0.15) is 18.1 Å². The first-order valence-corrected chi connectivity index (χ1v) is 6.35. The number of hydrogen-bond acceptors (Lipinski definition) is 3. The SMILES string of the molecule is COc1cc(Cl)ccc1C(O)C(O)CCBr. The molecule has 1 aromatic rings. The first-order chi connectivity index (χ1) is 7.60. The Hall–Kier alpha value is -0.290. The average Bonchev–Trinajstić information content (AvgIpc) is 2.28. The maximum atomic E-state index is 9.93. The Morgan fingerprint density at radius 3 is 2.69 bits per heavy atom. The van der Waals surface area contributed by atoms with E-state index in [0.29, 0.717) is 28.1 Å². The molecule has 0 fully saturated rings. The summed E-state index contributed by atoms with van der Waals surface area (Å²) in [5, 5.41) is 20.8. The van der Waals surface area contributed by atoms with Gasteiger partial charge in [-0.2, -0.15) is 0 Å². The molecule has 0 heterocycles. The molecule has 0 saturated carbocycles. The van der Waals surface area contributed by atoms with Crippen LogP contribution in [0.3, 0.4) is 0 Å². The molecule has 5 heteroatoms. The molecule has 3 nitrogen and oxygen atoms in total. The lowest BCUT2D eigenvalue weighted by molar-refractivity contribution is 0.0160. The third-order valence-corrected chi connectivity index (χ3v) is 2.98. The van der Waals surface area contributed by atoms with Gasteiger partial charge in [-0.05, 0) is 18.6 Å². The smallest absolute Gasteiger partial charge is 0.126 e. The van der Waals surface area contributed by atoms with Crippen molar-refractivity contribution in [1.29, 1.82) is 0 Å². The molecule has 0 amide bonds. The van der Waals surface area contributed by atoms with Crippen molar-refractivity contribution < 1.29 is 14.9 Å². The Morgan fingerprint density at radius 1 is 1.44 bits per heavy atom. The van der Waals surface area contributed by atoms with Crippen molar-refractivity contribution >= 4 is 27.5 Å². The molecule has 2 N–H and O–H groups in total. The van der Waals surface area contributed by atoms with E-state index < -0.39 is 12.2 Å². The lowest BCUT2D eigenvalue weighted by Gasteiger charge is -2.19. The number of halogens is 2. The minimum atomic E-state index is -0.968. The second kappa shape index (κ2) is 6.45. The van der Waals surface area contributed by atoms with Crippen LogP contribution in [0.25, 0.3) is 0 Å². The van der Waals surface area contributed by atoms with Crippen LogP contribution in [0.5, 0.6) is 5.75 Å². The summed E-state index contributed by atoms with van der Waals surface area (Å²) in [6.07, 6.45) is -1.33. The summed E-state index contributed by atoms with van der Waals surface area (Å²) in [6, 6.07) is 4.92. The van der Waals surface area contributed by atoms with E-state index in [2.05, 4.69) is 15.9 Å². The van der Waals surface area contributed by atoms with Crippen LogP contribution in [0.4, 0.5) is 0 Å². The van der Waals surface area contributed by atoms with Gasteiger partial charge in [0.2, 0.25) is 0 Å². The molecule has 0 saturated heterocycles. The zero-order chi connectivity index (χ0) is 12.1. The highest BCUT2D eigenvalue weighted by atomic mass is 79.9. The third kappa shape index (κ3) is 3.35. The van der Waals surface area contributed by atoms with Crippen LogP contribution < -0.4 is 4.74 Å². The highest BCUT2D eigenvalue weighted by Gasteiger charge is 2.21. The number of ether oxygens (including phenoxy) is 1. The lowest BCUT2D eigenvalue weighted by Crippen LogP contribution is -2.19. The highest BCUT2D eigenvalue weighted by molar-refractivity contribution is 9.09. The predicted octanol–water partition coefficient (Wildman–Crippen LogP) is 2.53. The topological polar surface area (TPSA) is 49.7 Å². The number of alkyl halides is 1. The van der Waals surface area contributed by atoms with Crippen molar-refractivity contribution in [2.24, 2.45) is 0 Å². The zero-order valence-corrected chi connectivity index (χ0v) is 11.2. The van der Waals surface area contributed by atoms with E-state index in [1.54, 1.807) is 18.2 Å². The van der Waals surface area contributed by atoms with Gasteiger partial charge < -0.3 is 14.9 Å². The molecule has 1 rings (SSSR count). The van der Waals surface area contributed by atoms with Crippen molar-refractivity contribution in [2.45, 2.75) is 18.6 Å². The average molecular weight is 310 g/mol. The standard InChI is InChI=1S/C11H14BrClO3/c1-16-10-6-7(13)2-3-8(10)11(15)9(14)4-5-12/h2-3,6,9,11,14-15H,4-5H2,1H3. The first kappa shape index (κ1) is 13.8. The van der Waals surface area contributed by atoms with Crippen molar-refractivity contribution in [3.63, 3.8) is 0 Å². The van der Waals surface area contributed by atoms with Crippen LogP contribution in [0.2, 0.25) is 5.02 Å². The Bertz CT molecular complexity index is 346. The van der Waals surface area contributed by atoms with Gasteiger partial charge in [0.1, 0.15) is 11.9 Å². The number of hydrogen-bond donors (Lipinski definition) is 2. The van der Waals surface area contributed by atoms with Crippen LogP contribution in [-0.4, -0.2) is 28.8 Å². The molecule has 0 aliphatic carbocycles. The summed E-state index contributed by atoms with van der Waals surface area (Å²) in [4.78, 5) is 0. The minimum absolute atomic E-state index is 0.465. The highest BCUT2D eigenvalue weighted by Crippen LogP contribution is 2.30. The van der Waals surface area contributed by atoms with Crippen LogP contribution >= 0.6 is 27.5 Å². The quantitative estimate of drug-likeness (QED) is 0.822. The fourth-order valence-electron chi connectivity index (χ4n) is 1.41. The van der Waals surface area contributed by atoms with Crippen LogP contribution in [0.15, 0.2) is 18.2 Å². The predicted molar refractivity (Wildman–Crippen MR) is 67.4 cm³/mol. The van der Waals surface area contributed by atoms with E-state index in [9.17, 15) is 10.2 Å². The third-order valence-electron chi connectivity index (χ3n) is 2.28. The molecular weight excluding hydrogens is 295 g/mol. The van der Waals surface area contributed by atoms with E-state index in [-0.39, 0.29) is 0 Å². The van der Waals surface area contributed by atoms with E-state index in [1.165, 1.54) is 7.11 Å². The van der Waals surface area contributed by atoms with Gasteiger partial charge in [-0.15, -0.1) is 0 Å². The molecule has 2 atom stereocenters. The number of benzene rings is 1. The molecule has 0 aromatic heterocycles.